The summed E-state index contributed by atoms with van der Waals surface area (Å²) in [5.74, 6) is 1.01. The smallest absolute Gasteiger partial charge is 0.271 e. The third kappa shape index (κ3) is 4.74. The van der Waals surface area contributed by atoms with Crippen LogP contribution in [0.5, 0.6) is 0 Å². The number of nitrogens with one attached hydrogen (secondary N) is 2. The first-order valence-corrected chi connectivity index (χ1v) is 11.4. The van der Waals surface area contributed by atoms with Gasteiger partial charge < -0.3 is 15.2 Å². The lowest BCUT2D eigenvalue weighted by Crippen LogP contribution is -2.38. The normalized spacial score (nSPS) is 17.1. The van der Waals surface area contributed by atoms with E-state index in [1.807, 2.05) is 30.3 Å². The molecule has 1 aromatic heterocycles. The van der Waals surface area contributed by atoms with Crippen molar-refractivity contribution in [1.29, 1.82) is 0 Å². The molecule has 0 bridgehead atoms. The van der Waals surface area contributed by atoms with Gasteiger partial charge in [-0.2, -0.15) is 0 Å². The van der Waals surface area contributed by atoms with Crippen LogP contribution < -0.4 is 10.6 Å². The minimum absolute atomic E-state index is 0.131. The van der Waals surface area contributed by atoms with Crippen molar-refractivity contribution in [2.75, 3.05) is 13.1 Å². The molecule has 160 valence electrons. The van der Waals surface area contributed by atoms with Gasteiger partial charge in [-0.25, -0.2) is 4.98 Å². The zero-order valence-electron chi connectivity index (χ0n) is 17.7. The van der Waals surface area contributed by atoms with Crippen LogP contribution in [0.4, 0.5) is 0 Å². The van der Waals surface area contributed by atoms with Crippen LogP contribution >= 0.6 is 0 Å². The SMILES string of the molecule is O=C(NCCNC(=O)C1CCCCC1)c1nc(-c2ccccc2)n2c1CCCCC2. The first-order chi connectivity index (χ1) is 14.7. The van der Waals surface area contributed by atoms with Gasteiger partial charge >= 0.3 is 0 Å². The lowest BCUT2D eigenvalue weighted by atomic mass is 9.89. The summed E-state index contributed by atoms with van der Waals surface area (Å²) in [4.78, 5) is 29.9. The molecule has 2 aliphatic rings. The molecule has 2 amide bonds. The van der Waals surface area contributed by atoms with E-state index in [9.17, 15) is 9.59 Å². The van der Waals surface area contributed by atoms with Gasteiger partial charge in [0.1, 0.15) is 11.5 Å². The molecular formula is C24H32N4O2. The molecule has 1 aliphatic heterocycles. The van der Waals surface area contributed by atoms with Gasteiger partial charge in [0.25, 0.3) is 5.91 Å². The minimum atomic E-state index is -0.144. The Kier molecular flexibility index (Phi) is 6.82. The Morgan fingerprint density at radius 1 is 0.933 bits per heavy atom. The predicted octanol–water partition coefficient (Wildman–Crippen LogP) is 3.70. The van der Waals surface area contributed by atoms with E-state index >= 15 is 0 Å². The highest BCUT2D eigenvalue weighted by atomic mass is 16.2. The lowest BCUT2D eigenvalue weighted by Gasteiger charge is -2.20. The average molecular weight is 409 g/mol. The van der Waals surface area contributed by atoms with Gasteiger partial charge in [0, 0.05) is 31.1 Å². The van der Waals surface area contributed by atoms with E-state index in [1.54, 1.807) is 0 Å². The van der Waals surface area contributed by atoms with Gasteiger partial charge in [0.2, 0.25) is 5.91 Å². The maximum Gasteiger partial charge on any atom is 0.271 e. The van der Waals surface area contributed by atoms with Crippen molar-refractivity contribution in [1.82, 2.24) is 20.2 Å². The summed E-state index contributed by atoms with van der Waals surface area (Å²) in [6, 6.07) is 10.1. The topological polar surface area (TPSA) is 76.0 Å². The number of hydrogen-bond donors (Lipinski definition) is 2. The summed E-state index contributed by atoms with van der Waals surface area (Å²) in [5.41, 5.74) is 2.61. The van der Waals surface area contributed by atoms with Crippen molar-refractivity contribution >= 4 is 11.8 Å². The van der Waals surface area contributed by atoms with Gasteiger partial charge in [-0.3, -0.25) is 9.59 Å². The van der Waals surface area contributed by atoms with Crippen LogP contribution in [0.25, 0.3) is 11.4 Å². The molecule has 2 N–H and O–H groups in total. The number of aromatic nitrogens is 2. The zero-order chi connectivity index (χ0) is 20.8. The van der Waals surface area contributed by atoms with Crippen molar-refractivity contribution in [3.8, 4) is 11.4 Å². The van der Waals surface area contributed by atoms with Crippen molar-refractivity contribution < 1.29 is 9.59 Å². The molecule has 1 aliphatic carbocycles. The molecule has 1 aromatic carbocycles. The van der Waals surface area contributed by atoms with Gasteiger partial charge in [0.05, 0.1) is 5.69 Å². The number of imidazole rings is 1. The number of hydrogen-bond acceptors (Lipinski definition) is 3. The van der Waals surface area contributed by atoms with E-state index in [-0.39, 0.29) is 17.7 Å². The number of carbonyl (C=O) groups excluding carboxylic acids is 2. The summed E-state index contributed by atoms with van der Waals surface area (Å²) in [6.45, 7) is 1.78. The number of nitrogens with zero attached hydrogens (tertiary/aromatic N) is 2. The van der Waals surface area contributed by atoms with Crippen molar-refractivity contribution in [3.05, 3.63) is 41.7 Å². The first kappa shape index (κ1) is 20.6. The number of amides is 2. The molecule has 4 rings (SSSR count). The second-order valence-corrected chi connectivity index (χ2v) is 8.44. The second kappa shape index (κ2) is 9.92. The Balaban J connectivity index is 1.40. The van der Waals surface area contributed by atoms with Crippen molar-refractivity contribution in [2.24, 2.45) is 5.92 Å². The van der Waals surface area contributed by atoms with Crippen molar-refractivity contribution in [3.63, 3.8) is 0 Å². The summed E-state index contributed by atoms with van der Waals surface area (Å²) in [6.07, 6.45) is 9.73. The van der Waals surface area contributed by atoms with Crippen LogP contribution in [0.3, 0.4) is 0 Å². The van der Waals surface area contributed by atoms with E-state index in [0.29, 0.717) is 18.8 Å². The summed E-state index contributed by atoms with van der Waals surface area (Å²) < 4.78 is 2.22. The number of benzene rings is 1. The third-order valence-corrected chi connectivity index (χ3v) is 6.30. The summed E-state index contributed by atoms with van der Waals surface area (Å²) in [5, 5.41) is 5.95. The molecule has 0 radical (unpaired) electrons. The zero-order valence-corrected chi connectivity index (χ0v) is 17.7. The largest absolute Gasteiger partial charge is 0.354 e. The van der Waals surface area contributed by atoms with Crippen LogP contribution in [-0.4, -0.2) is 34.5 Å². The average Bonchev–Trinajstić information content (AvgIpc) is 2.98. The molecule has 0 saturated heterocycles. The maximum atomic E-state index is 12.9. The second-order valence-electron chi connectivity index (χ2n) is 8.44. The van der Waals surface area contributed by atoms with Crippen LogP contribution in [0.1, 0.15) is 67.5 Å². The van der Waals surface area contributed by atoms with Gasteiger partial charge in [-0.15, -0.1) is 0 Å². The highest BCUT2D eigenvalue weighted by Crippen LogP contribution is 2.27. The Bertz CT molecular complexity index is 869. The maximum absolute atomic E-state index is 12.9. The molecule has 2 aromatic rings. The quantitative estimate of drug-likeness (QED) is 0.716. The monoisotopic (exact) mass is 408 g/mol. The van der Waals surface area contributed by atoms with Gasteiger partial charge in [-0.05, 0) is 32.1 Å². The van der Waals surface area contributed by atoms with E-state index in [0.717, 1.165) is 68.6 Å². The van der Waals surface area contributed by atoms with Gasteiger partial charge in [0.15, 0.2) is 0 Å². The van der Waals surface area contributed by atoms with E-state index in [4.69, 9.17) is 4.98 Å². The van der Waals surface area contributed by atoms with E-state index in [2.05, 4.69) is 15.2 Å². The summed E-state index contributed by atoms with van der Waals surface area (Å²) >= 11 is 0. The number of rotatable bonds is 6. The Labute approximate surface area is 178 Å². The van der Waals surface area contributed by atoms with Crippen LogP contribution in [0, 0.1) is 5.92 Å². The molecule has 0 spiro atoms. The first-order valence-electron chi connectivity index (χ1n) is 11.4. The lowest BCUT2D eigenvalue weighted by molar-refractivity contribution is -0.125. The molecule has 2 heterocycles. The molecular weight excluding hydrogens is 376 g/mol. The Morgan fingerprint density at radius 2 is 1.67 bits per heavy atom. The standard InChI is InChI=1S/C24H32N4O2/c29-23(19-12-6-2-7-13-19)25-15-16-26-24(30)21-20-14-8-3-9-17-28(20)22(27-21)18-10-4-1-5-11-18/h1,4-5,10-11,19H,2-3,6-9,12-17H2,(H,25,29)(H,26,30). The molecule has 1 saturated carbocycles. The Morgan fingerprint density at radius 3 is 2.47 bits per heavy atom. The highest BCUT2D eigenvalue weighted by Gasteiger charge is 2.24. The van der Waals surface area contributed by atoms with Crippen LogP contribution in [-0.2, 0) is 17.8 Å². The molecule has 0 atom stereocenters. The fraction of sp³-hybridized carbons (Fsp3) is 0.542. The van der Waals surface area contributed by atoms with Crippen molar-refractivity contribution in [2.45, 2.75) is 64.3 Å². The number of fused-ring (bicyclic) bond motifs is 1. The van der Waals surface area contributed by atoms with Gasteiger partial charge in [-0.1, -0.05) is 56.0 Å². The van der Waals surface area contributed by atoms with Crippen LogP contribution in [0.2, 0.25) is 0 Å². The molecule has 30 heavy (non-hydrogen) atoms. The fourth-order valence-corrected chi connectivity index (χ4v) is 4.66. The Hall–Kier alpha value is -2.63. The van der Waals surface area contributed by atoms with E-state index in [1.165, 1.54) is 12.8 Å². The fourth-order valence-electron chi connectivity index (χ4n) is 4.66. The highest BCUT2D eigenvalue weighted by molar-refractivity contribution is 5.94. The van der Waals surface area contributed by atoms with Crippen LogP contribution in [0.15, 0.2) is 30.3 Å². The molecule has 6 nitrogen and oxygen atoms in total. The molecule has 6 heteroatoms. The predicted molar refractivity (Wildman–Crippen MR) is 117 cm³/mol. The third-order valence-electron chi connectivity index (χ3n) is 6.30. The molecule has 0 unspecified atom stereocenters. The van der Waals surface area contributed by atoms with E-state index < -0.39 is 0 Å². The number of carbonyl (C=O) groups is 2. The molecule has 1 fully saturated rings. The minimum Gasteiger partial charge on any atom is -0.354 e. The summed E-state index contributed by atoms with van der Waals surface area (Å²) in [7, 11) is 0.